The maximum Gasteiger partial charge on any atom is 0.338 e. The highest BCUT2D eigenvalue weighted by Crippen LogP contribution is 2.31. The third-order valence-electron chi connectivity index (χ3n) is 5.13. The number of carbonyl (C=O) groups excluding carboxylic acids is 1. The molecular formula is C24H21ClN2O4S. The Morgan fingerprint density at radius 1 is 1.22 bits per heavy atom. The van der Waals surface area contributed by atoms with Gasteiger partial charge in [0.1, 0.15) is 5.75 Å². The van der Waals surface area contributed by atoms with Gasteiger partial charge in [0, 0.05) is 10.6 Å². The van der Waals surface area contributed by atoms with Gasteiger partial charge in [0.15, 0.2) is 4.80 Å². The predicted molar refractivity (Wildman–Crippen MR) is 125 cm³/mol. The maximum atomic E-state index is 13.5. The molecule has 4 rings (SSSR count). The van der Waals surface area contributed by atoms with Crippen LogP contribution in [0.3, 0.4) is 0 Å². The molecule has 0 N–H and O–H groups in total. The Kier molecular flexibility index (Phi) is 6.30. The van der Waals surface area contributed by atoms with Crippen molar-refractivity contribution in [2.24, 2.45) is 4.99 Å². The van der Waals surface area contributed by atoms with Crippen molar-refractivity contribution < 1.29 is 14.3 Å². The minimum Gasteiger partial charge on any atom is -0.496 e. The lowest BCUT2D eigenvalue weighted by Crippen LogP contribution is -2.39. The molecule has 0 saturated carbocycles. The molecule has 0 unspecified atom stereocenters. The number of fused-ring (bicyclic) bond motifs is 1. The Hall–Kier alpha value is -3.16. The first-order valence-electron chi connectivity index (χ1n) is 10.0. The molecule has 6 nitrogen and oxygen atoms in total. The summed E-state index contributed by atoms with van der Waals surface area (Å²) in [5, 5.41) is 0.565. The second-order valence-electron chi connectivity index (χ2n) is 7.10. The Morgan fingerprint density at radius 3 is 2.62 bits per heavy atom. The third kappa shape index (κ3) is 4.01. The summed E-state index contributed by atoms with van der Waals surface area (Å²) in [5.41, 5.74) is 2.15. The van der Waals surface area contributed by atoms with Crippen LogP contribution in [0, 0.1) is 0 Å². The summed E-state index contributed by atoms with van der Waals surface area (Å²) < 4.78 is 12.7. The van der Waals surface area contributed by atoms with Gasteiger partial charge >= 0.3 is 5.97 Å². The van der Waals surface area contributed by atoms with Crippen molar-refractivity contribution in [1.82, 2.24) is 4.57 Å². The van der Waals surface area contributed by atoms with Gasteiger partial charge in [0.2, 0.25) is 0 Å². The van der Waals surface area contributed by atoms with Gasteiger partial charge in [-0.3, -0.25) is 9.36 Å². The summed E-state index contributed by atoms with van der Waals surface area (Å²) >= 11 is 7.35. The van der Waals surface area contributed by atoms with Crippen molar-refractivity contribution >= 4 is 35.0 Å². The van der Waals surface area contributed by atoms with Crippen LogP contribution in [-0.4, -0.2) is 24.3 Å². The Labute approximate surface area is 193 Å². The van der Waals surface area contributed by atoms with Crippen molar-refractivity contribution in [3.63, 3.8) is 0 Å². The van der Waals surface area contributed by atoms with Gasteiger partial charge in [-0.1, -0.05) is 53.3 Å². The van der Waals surface area contributed by atoms with E-state index >= 15 is 0 Å². The van der Waals surface area contributed by atoms with Crippen molar-refractivity contribution in [1.29, 1.82) is 0 Å². The van der Waals surface area contributed by atoms with Gasteiger partial charge in [-0.25, -0.2) is 9.79 Å². The van der Waals surface area contributed by atoms with E-state index in [1.165, 1.54) is 11.3 Å². The monoisotopic (exact) mass is 468 g/mol. The zero-order valence-corrected chi connectivity index (χ0v) is 19.4. The number of rotatable bonds is 5. The summed E-state index contributed by atoms with van der Waals surface area (Å²) in [7, 11) is 1.59. The zero-order valence-electron chi connectivity index (χ0n) is 17.8. The number of methoxy groups -OCH3 is 1. The van der Waals surface area contributed by atoms with Crippen LogP contribution in [0.5, 0.6) is 5.75 Å². The fourth-order valence-electron chi connectivity index (χ4n) is 3.68. The lowest BCUT2D eigenvalue weighted by molar-refractivity contribution is -0.139. The van der Waals surface area contributed by atoms with Gasteiger partial charge in [-0.15, -0.1) is 0 Å². The molecule has 0 radical (unpaired) electrons. The molecule has 0 bridgehead atoms. The Balaban J connectivity index is 1.97. The van der Waals surface area contributed by atoms with Crippen molar-refractivity contribution in [2.75, 3.05) is 13.7 Å². The number of hydrogen-bond acceptors (Lipinski definition) is 6. The Bertz CT molecular complexity index is 1390. The molecule has 1 aliphatic heterocycles. The van der Waals surface area contributed by atoms with E-state index in [0.717, 1.165) is 11.1 Å². The first kappa shape index (κ1) is 22.0. The SMILES string of the molecule is CCOC(=O)C1=C(C)N=c2sc(=Cc3ccccc3OC)c(=O)n2[C@H]1c1ccc(Cl)cc1. The molecule has 2 aromatic carbocycles. The topological polar surface area (TPSA) is 69.9 Å². The van der Waals surface area contributed by atoms with Crippen LogP contribution >= 0.6 is 22.9 Å². The molecule has 0 amide bonds. The summed E-state index contributed by atoms with van der Waals surface area (Å²) in [5.74, 6) is 0.170. The molecule has 0 spiro atoms. The van der Waals surface area contributed by atoms with Gasteiger partial charge in [0.05, 0.1) is 35.6 Å². The molecule has 32 heavy (non-hydrogen) atoms. The number of nitrogens with zero attached hydrogens (tertiary/aromatic N) is 2. The summed E-state index contributed by atoms with van der Waals surface area (Å²) in [4.78, 5) is 31.5. The first-order chi connectivity index (χ1) is 15.4. The number of allylic oxidation sites excluding steroid dienone is 1. The minimum atomic E-state index is -0.664. The summed E-state index contributed by atoms with van der Waals surface area (Å²) in [6.45, 7) is 3.72. The van der Waals surface area contributed by atoms with E-state index < -0.39 is 12.0 Å². The lowest BCUT2D eigenvalue weighted by Gasteiger charge is -2.24. The molecule has 8 heteroatoms. The van der Waals surface area contributed by atoms with Crippen molar-refractivity contribution in [3.8, 4) is 5.75 Å². The number of hydrogen-bond donors (Lipinski definition) is 0. The normalized spacial score (nSPS) is 15.9. The van der Waals surface area contributed by atoms with E-state index in [4.69, 9.17) is 21.1 Å². The van der Waals surface area contributed by atoms with Gasteiger partial charge in [0.25, 0.3) is 5.56 Å². The number of esters is 1. The molecule has 1 aromatic heterocycles. The van der Waals surface area contributed by atoms with E-state index in [1.807, 2.05) is 36.4 Å². The van der Waals surface area contributed by atoms with Crippen LogP contribution in [0.15, 0.2) is 69.6 Å². The number of para-hydroxylation sites is 1. The predicted octanol–water partition coefficient (Wildman–Crippen LogP) is 3.46. The number of halogens is 1. The highest BCUT2D eigenvalue weighted by atomic mass is 35.5. The maximum absolute atomic E-state index is 13.5. The van der Waals surface area contributed by atoms with E-state index in [9.17, 15) is 9.59 Å². The molecule has 1 aliphatic rings. The number of carbonyl (C=O) groups is 1. The fraction of sp³-hybridized carbons (Fsp3) is 0.208. The molecule has 164 valence electrons. The van der Waals surface area contributed by atoms with Crippen molar-refractivity contribution in [2.45, 2.75) is 19.9 Å². The van der Waals surface area contributed by atoms with E-state index in [-0.39, 0.29) is 12.2 Å². The second kappa shape index (κ2) is 9.14. The summed E-state index contributed by atoms with van der Waals surface area (Å²) in [6, 6.07) is 13.9. The van der Waals surface area contributed by atoms with Crippen LogP contribution < -0.4 is 19.6 Å². The smallest absolute Gasteiger partial charge is 0.338 e. The van der Waals surface area contributed by atoms with Crippen LogP contribution in [0.2, 0.25) is 5.02 Å². The molecule has 3 aromatic rings. The van der Waals surface area contributed by atoms with Crippen LogP contribution in [-0.2, 0) is 9.53 Å². The zero-order chi connectivity index (χ0) is 22.8. The minimum absolute atomic E-state index is 0.223. The highest BCUT2D eigenvalue weighted by Gasteiger charge is 2.33. The molecular weight excluding hydrogens is 448 g/mol. The van der Waals surface area contributed by atoms with Gasteiger partial charge in [-0.2, -0.15) is 0 Å². The molecule has 0 fully saturated rings. The fourth-order valence-corrected chi connectivity index (χ4v) is 4.84. The first-order valence-corrected chi connectivity index (χ1v) is 11.2. The number of aromatic nitrogens is 1. The van der Waals surface area contributed by atoms with E-state index in [1.54, 1.807) is 43.7 Å². The number of benzene rings is 2. The molecule has 0 saturated heterocycles. The van der Waals surface area contributed by atoms with Gasteiger partial charge < -0.3 is 9.47 Å². The molecule has 1 atom stereocenters. The average Bonchev–Trinajstić information content (AvgIpc) is 3.08. The Morgan fingerprint density at radius 2 is 1.94 bits per heavy atom. The summed E-state index contributed by atoms with van der Waals surface area (Å²) in [6.07, 6.45) is 1.78. The lowest BCUT2D eigenvalue weighted by atomic mass is 9.96. The van der Waals surface area contributed by atoms with Crippen LogP contribution in [0.4, 0.5) is 0 Å². The number of ether oxygens (including phenoxy) is 2. The van der Waals surface area contributed by atoms with E-state index in [2.05, 4.69) is 4.99 Å². The molecule has 2 heterocycles. The standard InChI is InChI=1S/C24H21ClN2O4S/c1-4-31-23(29)20-14(2)26-24-27(21(20)15-9-11-17(25)12-10-15)22(28)19(32-24)13-16-7-5-6-8-18(16)30-3/h5-13,21H,4H2,1-3H3/t21-/m0/s1. The largest absolute Gasteiger partial charge is 0.496 e. The molecule has 0 aliphatic carbocycles. The quantitative estimate of drug-likeness (QED) is 0.538. The van der Waals surface area contributed by atoms with E-state index in [0.29, 0.717) is 31.4 Å². The van der Waals surface area contributed by atoms with Gasteiger partial charge in [-0.05, 0) is 43.7 Å². The third-order valence-corrected chi connectivity index (χ3v) is 6.36. The highest BCUT2D eigenvalue weighted by molar-refractivity contribution is 7.07. The number of thiazole rings is 1. The van der Waals surface area contributed by atoms with Crippen molar-refractivity contribution in [3.05, 3.63) is 95.6 Å². The average molecular weight is 469 g/mol. The second-order valence-corrected chi connectivity index (χ2v) is 8.54. The van der Waals surface area contributed by atoms with Crippen LogP contribution in [0.25, 0.3) is 6.08 Å². The van der Waals surface area contributed by atoms with Crippen LogP contribution in [0.1, 0.15) is 31.0 Å².